The molecule has 0 spiro atoms. The fraction of sp³-hybridized carbons (Fsp3) is 0.281. The summed E-state index contributed by atoms with van der Waals surface area (Å²) in [7, 11) is 0. The zero-order valence-corrected chi connectivity index (χ0v) is 24.2. The molecule has 11 nitrogen and oxygen atoms in total. The molecule has 0 radical (unpaired) electrons. The number of amides is 1. The molecule has 1 atom stereocenters. The number of halogens is 2. The topological polar surface area (TPSA) is 121 Å². The van der Waals surface area contributed by atoms with Crippen molar-refractivity contribution in [2.24, 2.45) is 0 Å². The van der Waals surface area contributed by atoms with Gasteiger partial charge in [-0.25, -0.2) is 13.8 Å². The Bertz CT molecular complexity index is 1920. The van der Waals surface area contributed by atoms with E-state index in [0.29, 0.717) is 28.5 Å². The van der Waals surface area contributed by atoms with E-state index in [-0.39, 0.29) is 17.0 Å². The molecule has 0 aliphatic carbocycles. The van der Waals surface area contributed by atoms with Gasteiger partial charge in [0.15, 0.2) is 23.0 Å². The number of anilines is 2. The fourth-order valence-electron chi connectivity index (χ4n) is 6.10. The number of aromatic nitrogens is 5. The Morgan fingerprint density at radius 1 is 0.978 bits per heavy atom. The number of pyridine rings is 1. The molecule has 45 heavy (non-hydrogen) atoms. The van der Waals surface area contributed by atoms with Crippen LogP contribution in [-0.4, -0.2) is 68.0 Å². The molecule has 2 aliphatic rings. The van der Waals surface area contributed by atoms with Crippen LogP contribution in [0.3, 0.4) is 0 Å². The smallest absolute Gasteiger partial charge is 0.284 e. The number of aromatic amines is 1. The van der Waals surface area contributed by atoms with Gasteiger partial charge in [-0.05, 0) is 81.2 Å². The highest BCUT2D eigenvalue weighted by molar-refractivity contribution is 6.04. The molecule has 2 fully saturated rings. The first-order chi connectivity index (χ1) is 21.9. The predicted molar refractivity (Wildman–Crippen MR) is 164 cm³/mol. The Balaban J connectivity index is 1.10. The third kappa shape index (κ3) is 5.74. The second-order valence-electron chi connectivity index (χ2n) is 11.2. The number of carbonyl (C=O) groups excluding carboxylic acids is 1. The SMILES string of the molecule is O=C(Nc1ccc(Oc2ccnc3[nH]nc(N4CCCC4CN4CCCC4)c23)c(F)c1)c1ccnn(-c2ccc(F)cc2)c1=O. The zero-order chi connectivity index (χ0) is 30.9. The first-order valence-corrected chi connectivity index (χ1v) is 14.9. The molecule has 1 amide bonds. The van der Waals surface area contributed by atoms with Crippen LogP contribution in [0.2, 0.25) is 0 Å². The lowest BCUT2D eigenvalue weighted by Gasteiger charge is -2.28. The number of nitrogens with one attached hydrogen (secondary N) is 2. The van der Waals surface area contributed by atoms with Crippen molar-refractivity contribution in [3.63, 3.8) is 0 Å². The van der Waals surface area contributed by atoms with Gasteiger partial charge < -0.3 is 19.9 Å². The molecule has 2 aliphatic heterocycles. The van der Waals surface area contributed by atoms with Crippen LogP contribution < -0.4 is 20.5 Å². The molecule has 1 unspecified atom stereocenters. The predicted octanol–water partition coefficient (Wildman–Crippen LogP) is 4.89. The number of hydrogen-bond donors (Lipinski definition) is 2. The van der Waals surface area contributed by atoms with Crippen molar-refractivity contribution in [2.75, 3.05) is 36.4 Å². The lowest BCUT2D eigenvalue weighted by atomic mass is 10.2. The van der Waals surface area contributed by atoms with Crippen molar-refractivity contribution in [2.45, 2.75) is 31.7 Å². The Hall–Kier alpha value is -5.17. The first kappa shape index (κ1) is 28.6. The maximum atomic E-state index is 15.4. The minimum absolute atomic E-state index is 0.0507. The highest BCUT2D eigenvalue weighted by atomic mass is 19.1. The van der Waals surface area contributed by atoms with Crippen molar-refractivity contribution in [1.82, 2.24) is 29.9 Å². The molecule has 2 N–H and O–H groups in total. The molecule has 7 rings (SSSR count). The maximum Gasteiger partial charge on any atom is 0.284 e. The van der Waals surface area contributed by atoms with Crippen molar-refractivity contribution in [3.05, 3.63) is 94.5 Å². The van der Waals surface area contributed by atoms with Gasteiger partial charge in [0.05, 0.1) is 5.69 Å². The second kappa shape index (κ2) is 12.1. The number of ether oxygens (including phenoxy) is 1. The summed E-state index contributed by atoms with van der Waals surface area (Å²) in [5.74, 6) is -0.840. The van der Waals surface area contributed by atoms with E-state index < -0.39 is 23.1 Å². The normalized spacial score (nSPS) is 16.8. The molecule has 5 heterocycles. The monoisotopic (exact) mass is 612 g/mol. The number of likely N-dealkylation sites (tertiary alicyclic amines) is 1. The van der Waals surface area contributed by atoms with E-state index in [2.05, 4.69) is 35.4 Å². The van der Waals surface area contributed by atoms with Gasteiger partial charge in [0.2, 0.25) is 0 Å². The molecule has 13 heteroatoms. The number of fused-ring (bicyclic) bond motifs is 1. The van der Waals surface area contributed by atoms with Crippen LogP contribution in [0.25, 0.3) is 16.7 Å². The summed E-state index contributed by atoms with van der Waals surface area (Å²) in [4.78, 5) is 35.1. The maximum absolute atomic E-state index is 15.4. The van der Waals surface area contributed by atoms with E-state index >= 15 is 4.39 Å². The highest BCUT2D eigenvalue weighted by Gasteiger charge is 2.31. The largest absolute Gasteiger partial charge is 0.453 e. The van der Waals surface area contributed by atoms with Crippen molar-refractivity contribution in [1.29, 1.82) is 0 Å². The lowest BCUT2D eigenvalue weighted by Crippen LogP contribution is -2.39. The van der Waals surface area contributed by atoms with E-state index in [1.165, 1.54) is 61.5 Å². The molecule has 0 bridgehead atoms. The van der Waals surface area contributed by atoms with Crippen LogP contribution in [0.4, 0.5) is 20.3 Å². The van der Waals surface area contributed by atoms with Gasteiger partial charge in [0.1, 0.15) is 22.5 Å². The number of benzene rings is 2. The third-order valence-corrected chi connectivity index (χ3v) is 8.29. The number of hydrogen-bond acceptors (Lipinski definition) is 8. The van der Waals surface area contributed by atoms with Gasteiger partial charge >= 0.3 is 0 Å². The van der Waals surface area contributed by atoms with Crippen LogP contribution in [0, 0.1) is 11.6 Å². The highest BCUT2D eigenvalue weighted by Crippen LogP contribution is 2.38. The van der Waals surface area contributed by atoms with Gasteiger partial charge in [0.25, 0.3) is 11.5 Å². The Kier molecular flexibility index (Phi) is 7.67. The molecule has 230 valence electrons. The van der Waals surface area contributed by atoms with Crippen LogP contribution in [0.15, 0.2) is 71.8 Å². The van der Waals surface area contributed by atoms with Crippen molar-refractivity contribution in [3.8, 4) is 17.2 Å². The van der Waals surface area contributed by atoms with Crippen molar-refractivity contribution >= 4 is 28.4 Å². The van der Waals surface area contributed by atoms with E-state index in [0.717, 1.165) is 55.6 Å². The Morgan fingerprint density at radius 3 is 2.60 bits per heavy atom. The number of rotatable bonds is 8. The van der Waals surface area contributed by atoms with Gasteiger partial charge in [-0.3, -0.25) is 14.7 Å². The summed E-state index contributed by atoms with van der Waals surface area (Å²) in [5, 5.41) is 14.8. The van der Waals surface area contributed by atoms with Gasteiger partial charge in [-0.15, -0.1) is 0 Å². The molecule has 0 saturated carbocycles. The average molecular weight is 613 g/mol. The Morgan fingerprint density at radius 2 is 1.80 bits per heavy atom. The second-order valence-corrected chi connectivity index (χ2v) is 11.2. The quantitative estimate of drug-likeness (QED) is 0.254. The van der Waals surface area contributed by atoms with E-state index in [9.17, 15) is 14.0 Å². The number of nitrogens with zero attached hydrogens (tertiary/aromatic N) is 6. The van der Waals surface area contributed by atoms with Crippen molar-refractivity contribution < 1.29 is 18.3 Å². The first-order valence-electron chi connectivity index (χ1n) is 14.9. The van der Waals surface area contributed by atoms with E-state index in [4.69, 9.17) is 4.74 Å². The van der Waals surface area contributed by atoms with Crippen LogP contribution in [0.5, 0.6) is 11.5 Å². The molecular formula is C32H30F2N8O3. The summed E-state index contributed by atoms with van der Waals surface area (Å²) in [6, 6.07) is 12.4. The zero-order valence-electron chi connectivity index (χ0n) is 24.2. The minimum atomic E-state index is -0.751. The van der Waals surface area contributed by atoms with Gasteiger partial charge in [-0.1, -0.05) is 0 Å². The molecule has 3 aromatic heterocycles. The molecule has 5 aromatic rings. The van der Waals surface area contributed by atoms with E-state index in [1.54, 1.807) is 12.3 Å². The summed E-state index contributed by atoms with van der Waals surface area (Å²) >= 11 is 0. The van der Waals surface area contributed by atoms with Crippen LogP contribution >= 0.6 is 0 Å². The number of H-pyrrole nitrogens is 1. The fourth-order valence-corrected chi connectivity index (χ4v) is 6.10. The van der Waals surface area contributed by atoms with Gasteiger partial charge in [-0.2, -0.15) is 14.9 Å². The standard InChI is InChI=1S/C32H30F2N8O3/c33-20-5-8-22(9-6-20)42-32(44)24(11-14-36-42)31(43)37-21-7-10-26(25(34)18-21)45-27-12-13-35-29-28(27)30(39-38-29)41-17-3-4-23(41)19-40-15-1-2-16-40/h5-14,18,23H,1-4,15-17,19H2,(H,37,43)(H,35,38,39). The lowest BCUT2D eigenvalue weighted by molar-refractivity contribution is 0.102. The average Bonchev–Trinajstić information content (AvgIpc) is 3.81. The molecular weight excluding hydrogens is 582 g/mol. The van der Waals surface area contributed by atoms with E-state index in [1.807, 2.05) is 0 Å². The molecule has 2 aromatic carbocycles. The minimum Gasteiger partial charge on any atom is -0.453 e. The summed E-state index contributed by atoms with van der Waals surface area (Å²) < 4.78 is 35.8. The number of carbonyl (C=O) groups is 1. The van der Waals surface area contributed by atoms with Crippen LogP contribution in [-0.2, 0) is 0 Å². The van der Waals surface area contributed by atoms with Gasteiger partial charge in [0, 0.05) is 49.3 Å². The summed E-state index contributed by atoms with van der Waals surface area (Å²) in [6.45, 7) is 4.08. The summed E-state index contributed by atoms with van der Waals surface area (Å²) in [5.41, 5.74) is 0.0378. The Labute approximate surface area is 256 Å². The van der Waals surface area contributed by atoms with Crippen LogP contribution in [0.1, 0.15) is 36.0 Å². The third-order valence-electron chi connectivity index (χ3n) is 8.29. The molecule has 2 saturated heterocycles. The summed E-state index contributed by atoms with van der Waals surface area (Å²) in [6.07, 6.45) is 7.45.